The molecular formula is C15H24N2. The van der Waals surface area contributed by atoms with Crippen molar-refractivity contribution in [1.29, 1.82) is 0 Å². The van der Waals surface area contributed by atoms with E-state index < -0.39 is 0 Å². The summed E-state index contributed by atoms with van der Waals surface area (Å²) in [5, 5.41) is 3.44. The SMILES string of the molecule is CCN(Cc1cccc(C)c1)C1CCNCC1. The van der Waals surface area contributed by atoms with E-state index in [0.29, 0.717) is 0 Å². The number of piperidine rings is 1. The number of nitrogens with zero attached hydrogens (tertiary/aromatic N) is 1. The van der Waals surface area contributed by atoms with Crippen LogP contribution in [0.1, 0.15) is 30.9 Å². The van der Waals surface area contributed by atoms with Gasteiger partial charge < -0.3 is 5.32 Å². The first-order valence-corrected chi connectivity index (χ1v) is 6.80. The Morgan fingerprint density at radius 3 is 2.71 bits per heavy atom. The first-order chi connectivity index (χ1) is 8.29. The molecule has 0 spiro atoms. The average molecular weight is 232 g/mol. The van der Waals surface area contributed by atoms with Crippen LogP contribution in [-0.2, 0) is 6.54 Å². The van der Waals surface area contributed by atoms with Crippen LogP contribution < -0.4 is 5.32 Å². The van der Waals surface area contributed by atoms with Crippen LogP contribution in [0.15, 0.2) is 24.3 Å². The van der Waals surface area contributed by atoms with Crippen LogP contribution in [0.25, 0.3) is 0 Å². The number of hydrogen-bond acceptors (Lipinski definition) is 2. The van der Waals surface area contributed by atoms with Gasteiger partial charge in [-0.25, -0.2) is 0 Å². The van der Waals surface area contributed by atoms with Crippen molar-refractivity contribution in [2.75, 3.05) is 19.6 Å². The molecular weight excluding hydrogens is 208 g/mol. The molecule has 0 amide bonds. The molecule has 1 saturated heterocycles. The van der Waals surface area contributed by atoms with Gasteiger partial charge in [-0.1, -0.05) is 36.8 Å². The normalized spacial score (nSPS) is 17.6. The van der Waals surface area contributed by atoms with Gasteiger partial charge in [-0.05, 0) is 45.0 Å². The van der Waals surface area contributed by atoms with Crippen LogP contribution in [0, 0.1) is 6.92 Å². The van der Waals surface area contributed by atoms with Gasteiger partial charge in [0.15, 0.2) is 0 Å². The summed E-state index contributed by atoms with van der Waals surface area (Å²) < 4.78 is 0. The molecule has 1 aliphatic rings. The van der Waals surface area contributed by atoms with Crippen LogP contribution in [0.3, 0.4) is 0 Å². The highest BCUT2D eigenvalue weighted by atomic mass is 15.2. The lowest BCUT2D eigenvalue weighted by Crippen LogP contribution is -2.42. The van der Waals surface area contributed by atoms with Crippen molar-refractivity contribution >= 4 is 0 Å². The predicted octanol–water partition coefficient (Wildman–Crippen LogP) is 2.57. The van der Waals surface area contributed by atoms with Crippen molar-refractivity contribution in [1.82, 2.24) is 10.2 Å². The second-order valence-corrected chi connectivity index (χ2v) is 5.03. The third kappa shape index (κ3) is 3.55. The molecule has 0 bridgehead atoms. The first-order valence-electron chi connectivity index (χ1n) is 6.80. The van der Waals surface area contributed by atoms with Crippen LogP contribution in [0.4, 0.5) is 0 Å². The Balaban J connectivity index is 1.98. The molecule has 1 fully saturated rings. The molecule has 0 radical (unpaired) electrons. The Kier molecular flexibility index (Phi) is 4.57. The molecule has 0 aliphatic carbocycles. The van der Waals surface area contributed by atoms with Crippen LogP contribution in [-0.4, -0.2) is 30.6 Å². The van der Waals surface area contributed by atoms with Crippen LogP contribution in [0.5, 0.6) is 0 Å². The molecule has 0 saturated carbocycles. The zero-order chi connectivity index (χ0) is 12.1. The van der Waals surface area contributed by atoms with Crippen LogP contribution in [0.2, 0.25) is 0 Å². The van der Waals surface area contributed by atoms with Crippen LogP contribution >= 0.6 is 0 Å². The first kappa shape index (κ1) is 12.6. The summed E-state index contributed by atoms with van der Waals surface area (Å²) in [4.78, 5) is 2.62. The molecule has 0 atom stereocenters. The molecule has 2 nitrogen and oxygen atoms in total. The van der Waals surface area contributed by atoms with Crippen molar-refractivity contribution in [2.45, 2.75) is 39.3 Å². The highest BCUT2D eigenvalue weighted by Gasteiger charge is 2.19. The number of benzene rings is 1. The molecule has 17 heavy (non-hydrogen) atoms. The van der Waals surface area contributed by atoms with Gasteiger partial charge in [0.2, 0.25) is 0 Å². The van der Waals surface area contributed by atoms with Gasteiger partial charge in [0.05, 0.1) is 0 Å². The monoisotopic (exact) mass is 232 g/mol. The van der Waals surface area contributed by atoms with Gasteiger partial charge in [0, 0.05) is 12.6 Å². The van der Waals surface area contributed by atoms with Crippen molar-refractivity contribution < 1.29 is 0 Å². The minimum absolute atomic E-state index is 0.766. The molecule has 1 aliphatic heterocycles. The lowest BCUT2D eigenvalue weighted by atomic mass is 10.0. The molecule has 2 heteroatoms. The lowest BCUT2D eigenvalue weighted by Gasteiger charge is -2.34. The zero-order valence-electron chi connectivity index (χ0n) is 11.1. The Morgan fingerprint density at radius 1 is 1.29 bits per heavy atom. The lowest BCUT2D eigenvalue weighted by molar-refractivity contribution is 0.162. The van der Waals surface area contributed by atoms with Gasteiger partial charge in [0.1, 0.15) is 0 Å². The highest BCUT2D eigenvalue weighted by Crippen LogP contribution is 2.15. The largest absolute Gasteiger partial charge is 0.317 e. The molecule has 0 unspecified atom stereocenters. The van der Waals surface area contributed by atoms with E-state index >= 15 is 0 Å². The topological polar surface area (TPSA) is 15.3 Å². The summed E-state index contributed by atoms with van der Waals surface area (Å²) in [6, 6.07) is 9.66. The molecule has 1 aromatic carbocycles. The summed E-state index contributed by atoms with van der Waals surface area (Å²) in [5.41, 5.74) is 2.81. The van der Waals surface area contributed by atoms with Gasteiger partial charge in [-0.2, -0.15) is 0 Å². The Hall–Kier alpha value is -0.860. The fourth-order valence-corrected chi connectivity index (χ4v) is 2.72. The molecule has 2 rings (SSSR count). The smallest absolute Gasteiger partial charge is 0.0236 e. The van der Waals surface area contributed by atoms with Crippen molar-refractivity contribution in [3.8, 4) is 0 Å². The van der Waals surface area contributed by atoms with Gasteiger partial charge in [-0.3, -0.25) is 4.90 Å². The fourth-order valence-electron chi connectivity index (χ4n) is 2.72. The zero-order valence-corrected chi connectivity index (χ0v) is 11.1. The fraction of sp³-hybridized carbons (Fsp3) is 0.600. The second-order valence-electron chi connectivity index (χ2n) is 5.03. The number of rotatable bonds is 4. The van der Waals surface area contributed by atoms with Gasteiger partial charge in [0.25, 0.3) is 0 Å². The predicted molar refractivity (Wildman–Crippen MR) is 73.2 cm³/mol. The van der Waals surface area contributed by atoms with Gasteiger partial charge >= 0.3 is 0 Å². The molecule has 0 aromatic heterocycles. The standard InChI is InChI=1S/C15H24N2/c1-3-17(15-7-9-16-10-8-15)12-14-6-4-5-13(2)11-14/h4-6,11,15-16H,3,7-10,12H2,1-2H3. The maximum absolute atomic E-state index is 3.44. The Morgan fingerprint density at radius 2 is 2.06 bits per heavy atom. The van der Waals surface area contributed by atoms with Crippen molar-refractivity contribution in [3.63, 3.8) is 0 Å². The van der Waals surface area contributed by atoms with Crippen molar-refractivity contribution in [3.05, 3.63) is 35.4 Å². The average Bonchev–Trinajstić information content (AvgIpc) is 2.37. The third-order valence-electron chi connectivity index (χ3n) is 3.70. The van der Waals surface area contributed by atoms with E-state index in [-0.39, 0.29) is 0 Å². The Labute approximate surface area is 105 Å². The maximum atomic E-state index is 3.44. The number of nitrogens with one attached hydrogen (secondary N) is 1. The van der Waals surface area contributed by atoms with E-state index in [4.69, 9.17) is 0 Å². The van der Waals surface area contributed by atoms with E-state index in [1.807, 2.05) is 0 Å². The van der Waals surface area contributed by atoms with E-state index in [9.17, 15) is 0 Å². The maximum Gasteiger partial charge on any atom is 0.0236 e. The van der Waals surface area contributed by atoms with E-state index in [0.717, 1.165) is 19.1 Å². The van der Waals surface area contributed by atoms with E-state index in [1.54, 1.807) is 0 Å². The summed E-state index contributed by atoms with van der Waals surface area (Å²) in [7, 11) is 0. The highest BCUT2D eigenvalue weighted by molar-refractivity contribution is 5.22. The third-order valence-corrected chi connectivity index (χ3v) is 3.70. The molecule has 1 N–H and O–H groups in total. The summed E-state index contributed by atoms with van der Waals surface area (Å²) in [5.74, 6) is 0. The minimum Gasteiger partial charge on any atom is -0.317 e. The summed E-state index contributed by atoms with van der Waals surface area (Å²) >= 11 is 0. The van der Waals surface area contributed by atoms with Gasteiger partial charge in [-0.15, -0.1) is 0 Å². The van der Waals surface area contributed by atoms with E-state index in [2.05, 4.69) is 48.3 Å². The summed E-state index contributed by atoms with van der Waals surface area (Å²) in [6.07, 6.45) is 2.58. The molecule has 94 valence electrons. The minimum atomic E-state index is 0.766. The van der Waals surface area contributed by atoms with E-state index in [1.165, 1.54) is 37.1 Å². The quantitative estimate of drug-likeness (QED) is 0.858. The second kappa shape index (κ2) is 6.18. The Bertz CT molecular complexity index is 343. The molecule has 1 aromatic rings. The number of hydrogen-bond donors (Lipinski definition) is 1. The number of aryl methyl sites for hydroxylation is 1. The summed E-state index contributed by atoms with van der Waals surface area (Å²) in [6.45, 7) is 9.05. The van der Waals surface area contributed by atoms with Crippen molar-refractivity contribution in [2.24, 2.45) is 0 Å². The molecule has 1 heterocycles.